The summed E-state index contributed by atoms with van der Waals surface area (Å²) in [4.78, 5) is 29.6. The second-order valence-electron chi connectivity index (χ2n) is 7.37. The third-order valence-electron chi connectivity index (χ3n) is 5.50. The molecule has 1 saturated carbocycles. The van der Waals surface area contributed by atoms with Crippen molar-refractivity contribution in [1.29, 1.82) is 0 Å². The van der Waals surface area contributed by atoms with Gasteiger partial charge in [0, 0.05) is 13.1 Å². The Bertz CT molecular complexity index is 415. The van der Waals surface area contributed by atoms with E-state index >= 15 is 0 Å². The Kier molecular flexibility index (Phi) is 4.23. The maximum Gasteiger partial charge on any atom is 0.246 e. The van der Waals surface area contributed by atoms with Crippen molar-refractivity contribution in [3.8, 4) is 0 Å². The Hall–Kier alpha value is -1.06. The number of hydrogen-bond donors (Lipinski definition) is 0. The second kappa shape index (κ2) is 5.98. The molecule has 2 unspecified atom stereocenters. The summed E-state index contributed by atoms with van der Waals surface area (Å²) in [5, 5.41) is 0. The summed E-state index contributed by atoms with van der Waals surface area (Å²) in [6.45, 7) is 5.72. The second-order valence-corrected chi connectivity index (χ2v) is 7.37. The summed E-state index contributed by atoms with van der Waals surface area (Å²) in [5.41, 5.74) is 0. The molecule has 2 heterocycles. The molecule has 0 aromatic carbocycles. The van der Waals surface area contributed by atoms with Gasteiger partial charge in [-0.25, -0.2) is 0 Å². The van der Waals surface area contributed by atoms with E-state index in [1.54, 1.807) is 0 Å². The van der Waals surface area contributed by atoms with Gasteiger partial charge in [-0.2, -0.15) is 0 Å². The topological polar surface area (TPSA) is 40.6 Å². The van der Waals surface area contributed by atoms with Gasteiger partial charge in [0.2, 0.25) is 11.8 Å². The number of rotatable bonds is 3. The smallest absolute Gasteiger partial charge is 0.246 e. The lowest BCUT2D eigenvalue weighted by Gasteiger charge is -2.48. The molecule has 2 saturated heterocycles. The molecule has 4 nitrogen and oxygen atoms in total. The third kappa shape index (κ3) is 2.69. The van der Waals surface area contributed by atoms with Gasteiger partial charge in [-0.3, -0.25) is 9.59 Å². The van der Waals surface area contributed by atoms with E-state index in [1.165, 1.54) is 25.7 Å². The van der Waals surface area contributed by atoms with E-state index in [2.05, 4.69) is 13.8 Å². The van der Waals surface area contributed by atoms with Crippen LogP contribution in [0.4, 0.5) is 0 Å². The Labute approximate surface area is 127 Å². The van der Waals surface area contributed by atoms with Crippen LogP contribution in [0.3, 0.4) is 0 Å². The van der Waals surface area contributed by atoms with Gasteiger partial charge in [0.1, 0.15) is 12.1 Å². The molecule has 4 heteroatoms. The van der Waals surface area contributed by atoms with Crippen molar-refractivity contribution >= 4 is 11.8 Å². The van der Waals surface area contributed by atoms with E-state index in [-0.39, 0.29) is 29.8 Å². The van der Waals surface area contributed by atoms with E-state index in [4.69, 9.17) is 0 Å². The maximum atomic E-state index is 12.9. The first-order valence-corrected chi connectivity index (χ1v) is 8.70. The average molecular weight is 292 g/mol. The molecule has 2 amide bonds. The maximum absolute atomic E-state index is 12.9. The largest absolute Gasteiger partial charge is 0.329 e. The lowest BCUT2D eigenvalue weighted by molar-refractivity contribution is -0.166. The normalized spacial score (nSPS) is 31.2. The fraction of sp³-hybridized carbons (Fsp3) is 0.882. The van der Waals surface area contributed by atoms with E-state index in [0.29, 0.717) is 5.92 Å². The van der Waals surface area contributed by atoms with Crippen molar-refractivity contribution in [1.82, 2.24) is 9.80 Å². The summed E-state index contributed by atoms with van der Waals surface area (Å²) in [6, 6.07) is -0.393. The van der Waals surface area contributed by atoms with Crippen LogP contribution in [0.5, 0.6) is 0 Å². The highest BCUT2D eigenvalue weighted by atomic mass is 16.2. The zero-order valence-electron chi connectivity index (χ0n) is 13.4. The van der Waals surface area contributed by atoms with E-state index in [1.807, 2.05) is 9.80 Å². The summed E-state index contributed by atoms with van der Waals surface area (Å²) in [6.07, 6.45) is 7.97. The average Bonchev–Trinajstić information content (AvgIpc) is 2.97. The summed E-state index contributed by atoms with van der Waals surface area (Å²) < 4.78 is 0. The van der Waals surface area contributed by atoms with E-state index in [9.17, 15) is 9.59 Å². The number of hydrogen-bond acceptors (Lipinski definition) is 2. The standard InChI is InChI=1S/C17H28N2O2/c1-12(2)15-17(21)18-10-6-5-9-14(18)16(20)19(15)11-13-7-3-4-8-13/h12-15H,3-11H2,1-2H3. The van der Waals surface area contributed by atoms with Gasteiger partial charge in [-0.1, -0.05) is 26.7 Å². The van der Waals surface area contributed by atoms with Gasteiger partial charge >= 0.3 is 0 Å². The molecule has 0 N–H and O–H groups in total. The van der Waals surface area contributed by atoms with Crippen LogP contribution in [0, 0.1) is 11.8 Å². The molecule has 3 fully saturated rings. The molecule has 0 bridgehead atoms. The fourth-order valence-electron chi connectivity index (χ4n) is 4.40. The quantitative estimate of drug-likeness (QED) is 0.801. The fourth-order valence-corrected chi connectivity index (χ4v) is 4.40. The first kappa shape index (κ1) is 14.9. The molecule has 0 spiro atoms. The van der Waals surface area contributed by atoms with Crippen molar-refractivity contribution in [3.05, 3.63) is 0 Å². The van der Waals surface area contributed by atoms with Crippen molar-refractivity contribution in [2.24, 2.45) is 11.8 Å². The Morgan fingerprint density at radius 2 is 1.67 bits per heavy atom. The van der Waals surface area contributed by atoms with Gasteiger partial charge < -0.3 is 9.80 Å². The van der Waals surface area contributed by atoms with Crippen molar-refractivity contribution in [2.75, 3.05) is 13.1 Å². The van der Waals surface area contributed by atoms with Crippen molar-refractivity contribution < 1.29 is 9.59 Å². The van der Waals surface area contributed by atoms with E-state index in [0.717, 1.165) is 32.4 Å². The first-order valence-electron chi connectivity index (χ1n) is 8.70. The molecular weight excluding hydrogens is 264 g/mol. The number of carbonyl (C=O) groups is 2. The van der Waals surface area contributed by atoms with Crippen LogP contribution in [-0.4, -0.2) is 46.8 Å². The van der Waals surface area contributed by atoms with Crippen LogP contribution in [0.25, 0.3) is 0 Å². The predicted octanol–water partition coefficient (Wildman–Crippen LogP) is 2.42. The van der Waals surface area contributed by atoms with Gasteiger partial charge in [0.05, 0.1) is 0 Å². The molecule has 118 valence electrons. The highest BCUT2D eigenvalue weighted by Crippen LogP contribution is 2.32. The highest BCUT2D eigenvalue weighted by Gasteiger charge is 2.47. The number of fused-ring (bicyclic) bond motifs is 1. The molecule has 1 aliphatic carbocycles. The Balaban J connectivity index is 1.83. The minimum absolute atomic E-state index is 0.164. The minimum atomic E-state index is -0.229. The molecule has 21 heavy (non-hydrogen) atoms. The van der Waals surface area contributed by atoms with Gasteiger partial charge in [0.15, 0.2) is 0 Å². The molecule has 2 atom stereocenters. The first-order chi connectivity index (χ1) is 10.1. The lowest BCUT2D eigenvalue weighted by Crippen LogP contribution is -2.67. The van der Waals surface area contributed by atoms with Crippen LogP contribution in [0.2, 0.25) is 0 Å². The Morgan fingerprint density at radius 1 is 1.00 bits per heavy atom. The minimum Gasteiger partial charge on any atom is -0.329 e. The summed E-state index contributed by atoms with van der Waals surface area (Å²) in [5.74, 6) is 1.23. The predicted molar refractivity (Wildman–Crippen MR) is 81.6 cm³/mol. The molecule has 0 radical (unpaired) electrons. The molecule has 2 aliphatic heterocycles. The molecule has 3 rings (SSSR count). The molecular formula is C17H28N2O2. The van der Waals surface area contributed by atoms with Crippen molar-refractivity contribution in [3.63, 3.8) is 0 Å². The molecule has 3 aliphatic rings. The van der Waals surface area contributed by atoms with Crippen LogP contribution in [0.1, 0.15) is 58.8 Å². The zero-order chi connectivity index (χ0) is 15.0. The van der Waals surface area contributed by atoms with Crippen LogP contribution >= 0.6 is 0 Å². The van der Waals surface area contributed by atoms with Crippen molar-refractivity contribution in [2.45, 2.75) is 70.9 Å². The number of carbonyl (C=O) groups excluding carboxylic acids is 2. The van der Waals surface area contributed by atoms with Crippen LogP contribution < -0.4 is 0 Å². The SMILES string of the molecule is CC(C)C1C(=O)N2CCCCC2C(=O)N1CC1CCCC1. The Morgan fingerprint density at radius 3 is 2.33 bits per heavy atom. The summed E-state index contributed by atoms with van der Waals surface area (Å²) >= 11 is 0. The molecule has 0 aromatic rings. The lowest BCUT2D eigenvalue weighted by atomic mass is 9.89. The van der Waals surface area contributed by atoms with Gasteiger partial charge in [0.25, 0.3) is 0 Å². The van der Waals surface area contributed by atoms with Crippen LogP contribution in [0.15, 0.2) is 0 Å². The zero-order valence-corrected chi connectivity index (χ0v) is 13.4. The van der Waals surface area contributed by atoms with E-state index < -0.39 is 0 Å². The monoisotopic (exact) mass is 292 g/mol. The molecule has 0 aromatic heterocycles. The number of amides is 2. The highest BCUT2D eigenvalue weighted by molar-refractivity contribution is 5.97. The van der Waals surface area contributed by atoms with Crippen LogP contribution in [-0.2, 0) is 9.59 Å². The number of piperidine rings is 1. The number of piperazine rings is 1. The summed E-state index contributed by atoms with van der Waals surface area (Å²) in [7, 11) is 0. The number of nitrogens with zero attached hydrogens (tertiary/aromatic N) is 2. The third-order valence-corrected chi connectivity index (χ3v) is 5.50. The van der Waals surface area contributed by atoms with Gasteiger partial charge in [-0.05, 0) is 43.9 Å². The van der Waals surface area contributed by atoms with Gasteiger partial charge in [-0.15, -0.1) is 0 Å².